The van der Waals surface area contributed by atoms with E-state index in [1.165, 1.54) is 9.80 Å². The third kappa shape index (κ3) is 7.24. The van der Waals surface area contributed by atoms with Crippen molar-refractivity contribution in [2.45, 2.75) is 6.54 Å². The maximum Gasteiger partial charge on any atom is 0.275 e. The maximum absolute atomic E-state index is 12.2. The molecule has 1 heterocycles. The predicted octanol–water partition coefficient (Wildman–Crippen LogP) is -0.173. The van der Waals surface area contributed by atoms with Crippen LogP contribution in [-0.2, 0) is 11.3 Å². The van der Waals surface area contributed by atoms with E-state index in [4.69, 9.17) is 21.1 Å². The SMILES string of the molecule is COc1ccc(OCC[NH+]2CC[NH+](CC(=O)NCc3cccc(Cl)c3)CC2)cc1. The lowest BCUT2D eigenvalue weighted by Gasteiger charge is -2.29. The fourth-order valence-corrected chi connectivity index (χ4v) is 3.72. The zero-order valence-electron chi connectivity index (χ0n) is 16.9. The summed E-state index contributed by atoms with van der Waals surface area (Å²) < 4.78 is 11.0. The van der Waals surface area contributed by atoms with Gasteiger partial charge in [0.2, 0.25) is 0 Å². The molecule has 0 radical (unpaired) electrons. The van der Waals surface area contributed by atoms with E-state index in [-0.39, 0.29) is 5.91 Å². The number of benzene rings is 2. The van der Waals surface area contributed by atoms with Crippen molar-refractivity contribution in [2.24, 2.45) is 0 Å². The van der Waals surface area contributed by atoms with E-state index < -0.39 is 0 Å². The highest BCUT2D eigenvalue weighted by Gasteiger charge is 2.24. The van der Waals surface area contributed by atoms with E-state index in [1.807, 2.05) is 48.5 Å². The smallest absolute Gasteiger partial charge is 0.275 e. The lowest BCUT2D eigenvalue weighted by atomic mass is 10.2. The zero-order chi connectivity index (χ0) is 20.5. The monoisotopic (exact) mass is 419 g/mol. The Balaban J connectivity index is 1.30. The lowest BCUT2D eigenvalue weighted by molar-refractivity contribution is -1.01. The van der Waals surface area contributed by atoms with Gasteiger partial charge in [-0.3, -0.25) is 4.79 Å². The molecule has 3 rings (SSSR count). The number of ether oxygens (including phenoxy) is 2. The molecule has 6 nitrogen and oxygen atoms in total. The molecule has 156 valence electrons. The van der Waals surface area contributed by atoms with Crippen LogP contribution in [-0.4, -0.2) is 58.9 Å². The maximum atomic E-state index is 12.2. The summed E-state index contributed by atoms with van der Waals surface area (Å²) >= 11 is 5.98. The largest absolute Gasteiger partial charge is 0.497 e. The van der Waals surface area contributed by atoms with Gasteiger partial charge in [0.1, 0.15) is 50.8 Å². The lowest BCUT2D eigenvalue weighted by Crippen LogP contribution is -3.28. The number of amides is 1. The Bertz CT molecular complexity index is 777. The van der Waals surface area contributed by atoms with Crippen LogP contribution < -0.4 is 24.6 Å². The Kier molecular flexibility index (Phi) is 8.16. The number of halogens is 1. The second kappa shape index (κ2) is 11.0. The summed E-state index contributed by atoms with van der Waals surface area (Å²) in [5.74, 6) is 1.79. The number of carbonyl (C=O) groups excluding carboxylic acids is 1. The van der Waals surface area contributed by atoms with E-state index >= 15 is 0 Å². The van der Waals surface area contributed by atoms with Crippen LogP contribution >= 0.6 is 11.6 Å². The van der Waals surface area contributed by atoms with E-state index in [9.17, 15) is 4.79 Å². The van der Waals surface area contributed by atoms with Crippen LogP contribution in [0.25, 0.3) is 0 Å². The Morgan fingerprint density at radius 3 is 2.41 bits per heavy atom. The van der Waals surface area contributed by atoms with E-state index in [2.05, 4.69) is 5.32 Å². The van der Waals surface area contributed by atoms with E-state index in [0.717, 1.165) is 49.8 Å². The average molecular weight is 420 g/mol. The summed E-state index contributed by atoms with van der Waals surface area (Å²) in [6.45, 7) is 6.83. The molecule has 1 saturated heterocycles. The molecule has 0 aromatic heterocycles. The van der Waals surface area contributed by atoms with Gasteiger partial charge in [-0.25, -0.2) is 0 Å². The summed E-state index contributed by atoms with van der Waals surface area (Å²) in [5.41, 5.74) is 1.02. The Morgan fingerprint density at radius 2 is 1.72 bits per heavy atom. The van der Waals surface area contributed by atoms with Crippen molar-refractivity contribution in [3.63, 3.8) is 0 Å². The number of piperazine rings is 1. The molecule has 2 aromatic rings. The fourth-order valence-electron chi connectivity index (χ4n) is 3.51. The minimum absolute atomic E-state index is 0.0891. The first-order valence-corrected chi connectivity index (χ1v) is 10.5. The van der Waals surface area contributed by atoms with Crippen molar-refractivity contribution in [1.82, 2.24) is 5.32 Å². The molecule has 0 saturated carbocycles. The van der Waals surface area contributed by atoms with Crippen LogP contribution in [0.15, 0.2) is 48.5 Å². The second-order valence-electron chi connectivity index (χ2n) is 7.36. The third-order valence-electron chi connectivity index (χ3n) is 5.24. The highest BCUT2D eigenvalue weighted by molar-refractivity contribution is 6.30. The summed E-state index contributed by atoms with van der Waals surface area (Å²) in [6, 6.07) is 15.2. The van der Waals surface area contributed by atoms with E-state index in [1.54, 1.807) is 7.11 Å². The molecular formula is C22H30ClN3O3+2. The van der Waals surface area contributed by atoms with Gasteiger partial charge in [0.15, 0.2) is 6.54 Å². The molecule has 0 spiro atoms. The van der Waals surface area contributed by atoms with Crippen LogP contribution in [0.1, 0.15) is 5.56 Å². The van der Waals surface area contributed by atoms with Gasteiger partial charge < -0.3 is 24.6 Å². The van der Waals surface area contributed by atoms with Crippen molar-refractivity contribution in [3.05, 3.63) is 59.1 Å². The number of rotatable bonds is 9. The summed E-state index contributed by atoms with van der Waals surface area (Å²) in [4.78, 5) is 15.1. The molecule has 3 N–H and O–H groups in total. The molecule has 29 heavy (non-hydrogen) atoms. The number of nitrogens with one attached hydrogen (secondary N) is 3. The number of methoxy groups -OCH3 is 1. The molecule has 0 atom stereocenters. The van der Waals surface area contributed by atoms with Gasteiger partial charge in [0.25, 0.3) is 5.91 Å². The van der Waals surface area contributed by atoms with Crippen molar-refractivity contribution < 1.29 is 24.1 Å². The Morgan fingerprint density at radius 1 is 1.03 bits per heavy atom. The van der Waals surface area contributed by atoms with E-state index in [0.29, 0.717) is 24.7 Å². The minimum atomic E-state index is 0.0891. The molecule has 0 aliphatic carbocycles. The fraction of sp³-hybridized carbons (Fsp3) is 0.409. The van der Waals surface area contributed by atoms with Crippen LogP contribution in [0.5, 0.6) is 11.5 Å². The van der Waals surface area contributed by atoms with Gasteiger partial charge in [0.05, 0.1) is 7.11 Å². The van der Waals surface area contributed by atoms with Crippen molar-refractivity contribution in [3.8, 4) is 11.5 Å². The van der Waals surface area contributed by atoms with Gasteiger partial charge in [-0.1, -0.05) is 23.7 Å². The summed E-state index contributed by atoms with van der Waals surface area (Å²) in [7, 11) is 1.66. The topological polar surface area (TPSA) is 56.4 Å². The highest BCUT2D eigenvalue weighted by atomic mass is 35.5. The van der Waals surface area contributed by atoms with Crippen molar-refractivity contribution >= 4 is 17.5 Å². The zero-order valence-corrected chi connectivity index (χ0v) is 17.6. The van der Waals surface area contributed by atoms with Crippen LogP contribution in [0.3, 0.4) is 0 Å². The normalized spacial score (nSPS) is 18.8. The predicted molar refractivity (Wildman–Crippen MR) is 113 cm³/mol. The molecular weight excluding hydrogens is 390 g/mol. The second-order valence-corrected chi connectivity index (χ2v) is 7.79. The first-order chi connectivity index (χ1) is 14.1. The van der Waals surface area contributed by atoms with Crippen LogP contribution in [0.2, 0.25) is 5.02 Å². The molecule has 2 aromatic carbocycles. The standard InChI is InChI=1S/C22H28ClN3O3/c1-28-20-5-7-21(8-6-20)29-14-13-25-9-11-26(12-10-25)17-22(27)24-16-18-3-2-4-19(23)15-18/h2-8,15H,9-14,16-17H2,1H3,(H,24,27)/p+2. The third-order valence-corrected chi connectivity index (χ3v) is 5.47. The van der Waals surface area contributed by atoms with Gasteiger partial charge >= 0.3 is 0 Å². The molecule has 7 heteroatoms. The molecule has 1 amide bonds. The summed E-state index contributed by atoms with van der Waals surface area (Å²) in [6.07, 6.45) is 0. The first-order valence-electron chi connectivity index (χ1n) is 10.1. The van der Waals surface area contributed by atoms with Gasteiger partial charge in [0, 0.05) is 11.6 Å². The molecule has 0 bridgehead atoms. The number of quaternary nitrogens is 2. The van der Waals surface area contributed by atoms with Gasteiger partial charge in [-0.2, -0.15) is 0 Å². The quantitative estimate of drug-likeness (QED) is 0.529. The van der Waals surface area contributed by atoms with Crippen molar-refractivity contribution in [2.75, 3.05) is 53.0 Å². The molecule has 1 aliphatic heterocycles. The van der Waals surface area contributed by atoms with Crippen LogP contribution in [0.4, 0.5) is 0 Å². The molecule has 1 fully saturated rings. The van der Waals surface area contributed by atoms with Gasteiger partial charge in [-0.05, 0) is 42.0 Å². The minimum Gasteiger partial charge on any atom is -0.497 e. The highest BCUT2D eigenvalue weighted by Crippen LogP contribution is 2.16. The molecule has 1 aliphatic rings. The number of carbonyl (C=O) groups is 1. The van der Waals surface area contributed by atoms with Crippen LogP contribution in [0, 0.1) is 0 Å². The number of hydrogen-bond acceptors (Lipinski definition) is 3. The first kappa shape index (κ1) is 21.4. The average Bonchev–Trinajstić information content (AvgIpc) is 2.74. The number of hydrogen-bond donors (Lipinski definition) is 3. The van der Waals surface area contributed by atoms with Crippen molar-refractivity contribution in [1.29, 1.82) is 0 Å². The Hall–Kier alpha value is -2.28. The summed E-state index contributed by atoms with van der Waals surface area (Å²) in [5, 5.41) is 3.68. The Labute approximate surface area is 177 Å². The van der Waals surface area contributed by atoms with Gasteiger partial charge in [-0.15, -0.1) is 0 Å². The molecule has 0 unspecified atom stereocenters.